The fourth-order valence-corrected chi connectivity index (χ4v) is 1.95. The van der Waals surface area contributed by atoms with Gasteiger partial charge >= 0.3 is 0 Å². The lowest BCUT2D eigenvalue weighted by Gasteiger charge is -2.10. The zero-order valence-electron chi connectivity index (χ0n) is 11.4. The normalized spacial score (nSPS) is 11.2. The fourth-order valence-electron chi connectivity index (χ4n) is 1.95. The summed E-state index contributed by atoms with van der Waals surface area (Å²) in [5.74, 6) is 0.941. The van der Waals surface area contributed by atoms with E-state index >= 15 is 0 Å². The average molecular weight is 248 g/mol. The highest BCUT2D eigenvalue weighted by molar-refractivity contribution is 5.46. The lowest BCUT2D eigenvalue weighted by Crippen LogP contribution is -2.12. The third-order valence-corrected chi connectivity index (χ3v) is 2.81. The number of aromatic nitrogens is 5. The molecule has 6 nitrogen and oxygen atoms in total. The van der Waals surface area contributed by atoms with E-state index in [-0.39, 0.29) is 0 Å². The first-order valence-electron chi connectivity index (χ1n) is 6.26. The standard InChI is InChI=1S/C12H20N6/c1-5-10-11(7-17(4)16-10)13-6-12-14-8-15-18(12)9(2)3/h7-9,13H,5-6H2,1-4H3. The number of aryl methyl sites for hydroxylation is 2. The Hall–Kier alpha value is -1.85. The monoisotopic (exact) mass is 248 g/mol. The van der Waals surface area contributed by atoms with Gasteiger partial charge in [0.1, 0.15) is 12.2 Å². The van der Waals surface area contributed by atoms with Crippen LogP contribution in [0.4, 0.5) is 5.69 Å². The Labute approximate surface area is 107 Å². The molecular formula is C12H20N6. The van der Waals surface area contributed by atoms with E-state index in [4.69, 9.17) is 0 Å². The van der Waals surface area contributed by atoms with Crippen LogP contribution in [0.15, 0.2) is 12.5 Å². The molecule has 6 heteroatoms. The van der Waals surface area contributed by atoms with E-state index in [1.165, 1.54) is 0 Å². The summed E-state index contributed by atoms with van der Waals surface area (Å²) in [5, 5.41) is 12.0. The minimum Gasteiger partial charge on any atom is -0.375 e. The van der Waals surface area contributed by atoms with Crippen LogP contribution < -0.4 is 5.32 Å². The van der Waals surface area contributed by atoms with E-state index in [0.717, 1.165) is 23.6 Å². The predicted octanol–water partition coefficient (Wildman–Crippen LogP) is 1.77. The molecule has 1 N–H and O–H groups in total. The van der Waals surface area contributed by atoms with Crippen LogP contribution in [0.3, 0.4) is 0 Å². The zero-order chi connectivity index (χ0) is 13.1. The van der Waals surface area contributed by atoms with E-state index in [9.17, 15) is 0 Å². The Morgan fingerprint density at radius 3 is 2.83 bits per heavy atom. The van der Waals surface area contributed by atoms with Gasteiger partial charge in [-0.2, -0.15) is 10.2 Å². The Morgan fingerprint density at radius 1 is 1.39 bits per heavy atom. The molecule has 0 fully saturated rings. The molecule has 18 heavy (non-hydrogen) atoms. The fraction of sp³-hybridized carbons (Fsp3) is 0.583. The molecule has 2 aromatic rings. The molecule has 0 aliphatic heterocycles. The zero-order valence-corrected chi connectivity index (χ0v) is 11.4. The maximum absolute atomic E-state index is 4.40. The van der Waals surface area contributed by atoms with Gasteiger partial charge in [0.15, 0.2) is 0 Å². The van der Waals surface area contributed by atoms with Crippen LogP contribution in [0, 0.1) is 0 Å². The molecule has 98 valence electrons. The topological polar surface area (TPSA) is 60.6 Å². The molecule has 0 saturated carbocycles. The van der Waals surface area contributed by atoms with Crippen molar-refractivity contribution < 1.29 is 0 Å². The quantitative estimate of drug-likeness (QED) is 0.876. The van der Waals surface area contributed by atoms with Gasteiger partial charge in [0, 0.05) is 19.3 Å². The van der Waals surface area contributed by atoms with Gasteiger partial charge in [-0.3, -0.25) is 4.68 Å². The summed E-state index contributed by atoms with van der Waals surface area (Å²) >= 11 is 0. The molecule has 0 amide bonds. The molecule has 0 spiro atoms. The van der Waals surface area contributed by atoms with Gasteiger partial charge < -0.3 is 5.32 Å². The molecular weight excluding hydrogens is 228 g/mol. The lowest BCUT2D eigenvalue weighted by atomic mass is 10.3. The van der Waals surface area contributed by atoms with E-state index in [0.29, 0.717) is 12.6 Å². The highest BCUT2D eigenvalue weighted by Crippen LogP contribution is 2.15. The predicted molar refractivity (Wildman–Crippen MR) is 70.3 cm³/mol. The summed E-state index contributed by atoms with van der Waals surface area (Å²) in [7, 11) is 1.93. The molecule has 0 atom stereocenters. The minimum atomic E-state index is 0.323. The maximum Gasteiger partial charge on any atom is 0.146 e. The second-order valence-electron chi connectivity index (χ2n) is 4.58. The largest absolute Gasteiger partial charge is 0.375 e. The summed E-state index contributed by atoms with van der Waals surface area (Å²) in [6.45, 7) is 6.96. The molecule has 2 rings (SSSR count). The number of anilines is 1. The van der Waals surface area contributed by atoms with Gasteiger partial charge in [0.2, 0.25) is 0 Å². The second kappa shape index (κ2) is 5.20. The smallest absolute Gasteiger partial charge is 0.146 e. The Balaban J connectivity index is 2.09. The molecule has 0 aromatic carbocycles. The third-order valence-electron chi connectivity index (χ3n) is 2.81. The van der Waals surface area contributed by atoms with Crippen molar-refractivity contribution in [3.63, 3.8) is 0 Å². The van der Waals surface area contributed by atoms with Crippen LogP contribution in [0.25, 0.3) is 0 Å². The maximum atomic E-state index is 4.40. The van der Waals surface area contributed by atoms with Crippen molar-refractivity contribution in [3.05, 3.63) is 24.0 Å². The van der Waals surface area contributed by atoms with Gasteiger partial charge in [-0.15, -0.1) is 0 Å². The summed E-state index contributed by atoms with van der Waals surface area (Å²) < 4.78 is 3.75. The van der Waals surface area contributed by atoms with Crippen molar-refractivity contribution in [1.29, 1.82) is 0 Å². The highest BCUT2D eigenvalue weighted by Gasteiger charge is 2.09. The number of hydrogen-bond donors (Lipinski definition) is 1. The summed E-state index contributed by atoms with van der Waals surface area (Å²) in [6, 6.07) is 0.323. The number of hydrogen-bond acceptors (Lipinski definition) is 4. The van der Waals surface area contributed by atoms with E-state index in [1.807, 2.05) is 22.6 Å². The van der Waals surface area contributed by atoms with Crippen LogP contribution in [0.2, 0.25) is 0 Å². The van der Waals surface area contributed by atoms with Crippen molar-refractivity contribution in [2.45, 2.75) is 39.8 Å². The number of rotatable bonds is 5. The summed E-state index contributed by atoms with van der Waals surface area (Å²) in [6.07, 6.45) is 4.51. The highest BCUT2D eigenvalue weighted by atomic mass is 15.4. The Kier molecular flexibility index (Phi) is 3.64. The van der Waals surface area contributed by atoms with E-state index < -0.39 is 0 Å². The first kappa shape index (κ1) is 12.6. The first-order valence-corrected chi connectivity index (χ1v) is 6.26. The molecule has 0 aliphatic rings. The molecule has 0 radical (unpaired) electrons. The van der Waals surface area contributed by atoms with Gasteiger partial charge in [0.25, 0.3) is 0 Å². The van der Waals surface area contributed by atoms with Crippen LogP contribution in [0.5, 0.6) is 0 Å². The molecule has 2 heterocycles. The van der Waals surface area contributed by atoms with Crippen LogP contribution in [-0.2, 0) is 20.0 Å². The molecule has 0 bridgehead atoms. The van der Waals surface area contributed by atoms with E-state index in [1.54, 1.807) is 6.33 Å². The Morgan fingerprint density at radius 2 is 2.17 bits per heavy atom. The molecule has 0 unspecified atom stereocenters. The average Bonchev–Trinajstić information content (AvgIpc) is 2.92. The minimum absolute atomic E-state index is 0.323. The van der Waals surface area contributed by atoms with Gasteiger partial charge in [0.05, 0.1) is 17.9 Å². The molecule has 2 aromatic heterocycles. The summed E-state index contributed by atoms with van der Waals surface area (Å²) in [5.41, 5.74) is 2.14. The first-order chi connectivity index (χ1) is 8.61. The van der Waals surface area contributed by atoms with Crippen LogP contribution in [-0.4, -0.2) is 24.5 Å². The van der Waals surface area contributed by atoms with Gasteiger partial charge in [-0.25, -0.2) is 9.67 Å². The molecule has 0 aliphatic carbocycles. The number of nitrogens with one attached hydrogen (secondary N) is 1. The van der Waals surface area contributed by atoms with E-state index in [2.05, 4.69) is 41.3 Å². The lowest BCUT2D eigenvalue weighted by molar-refractivity contribution is 0.509. The van der Waals surface area contributed by atoms with Crippen molar-refractivity contribution in [2.75, 3.05) is 5.32 Å². The number of nitrogens with zero attached hydrogens (tertiary/aromatic N) is 5. The molecule has 0 saturated heterocycles. The van der Waals surface area contributed by atoms with Crippen LogP contribution >= 0.6 is 0 Å². The van der Waals surface area contributed by atoms with Crippen molar-refractivity contribution in [3.8, 4) is 0 Å². The third kappa shape index (κ3) is 2.52. The summed E-state index contributed by atoms with van der Waals surface area (Å²) in [4.78, 5) is 4.28. The van der Waals surface area contributed by atoms with Crippen molar-refractivity contribution in [1.82, 2.24) is 24.5 Å². The second-order valence-corrected chi connectivity index (χ2v) is 4.58. The van der Waals surface area contributed by atoms with Gasteiger partial charge in [-0.05, 0) is 20.3 Å². The van der Waals surface area contributed by atoms with Crippen molar-refractivity contribution >= 4 is 5.69 Å². The van der Waals surface area contributed by atoms with Crippen molar-refractivity contribution in [2.24, 2.45) is 7.05 Å². The van der Waals surface area contributed by atoms with Crippen LogP contribution in [0.1, 0.15) is 38.3 Å². The SMILES string of the molecule is CCc1nn(C)cc1NCc1ncnn1C(C)C. The van der Waals surface area contributed by atoms with Gasteiger partial charge in [-0.1, -0.05) is 6.92 Å². The Bertz CT molecular complexity index is 510.